The third kappa shape index (κ3) is 4.92. The number of hydrogen-bond acceptors (Lipinski definition) is 5. The van der Waals surface area contributed by atoms with Gasteiger partial charge in [0.25, 0.3) is 15.8 Å². The van der Waals surface area contributed by atoms with E-state index in [1.165, 1.54) is 48.5 Å². The molecule has 0 amide bonds. The Morgan fingerprint density at radius 3 is 1.83 bits per heavy atom. The Morgan fingerprint density at radius 1 is 0.875 bits per heavy atom. The second kappa shape index (κ2) is 7.08. The minimum Gasteiger partial charge on any atom is -0.280 e. The Labute approximate surface area is 143 Å². The SMILES string of the molecule is CS(=O)(=O)c1ccc(S(=O)(=O)Nc2ccc(SC(F)F)cc2)cc1. The van der Waals surface area contributed by atoms with Crippen molar-refractivity contribution in [3.63, 3.8) is 0 Å². The molecule has 0 saturated heterocycles. The second-order valence-electron chi connectivity index (χ2n) is 4.75. The molecule has 24 heavy (non-hydrogen) atoms. The summed E-state index contributed by atoms with van der Waals surface area (Å²) in [5.41, 5.74) is 0.209. The van der Waals surface area contributed by atoms with Gasteiger partial charge in [0, 0.05) is 16.8 Å². The molecule has 2 rings (SSSR count). The number of sulfonamides is 1. The molecule has 0 radical (unpaired) electrons. The largest absolute Gasteiger partial charge is 0.288 e. The Morgan fingerprint density at radius 2 is 1.38 bits per heavy atom. The third-order valence-electron chi connectivity index (χ3n) is 2.89. The minimum absolute atomic E-state index is 0.00910. The van der Waals surface area contributed by atoms with E-state index in [0.29, 0.717) is 16.7 Å². The highest BCUT2D eigenvalue weighted by Gasteiger charge is 2.16. The number of hydrogen-bond donors (Lipinski definition) is 1. The quantitative estimate of drug-likeness (QED) is 0.763. The van der Waals surface area contributed by atoms with Crippen molar-refractivity contribution in [1.82, 2.24) is 0 Å². The van der Waals surface area contributed by atoms with E-state index in [9.17, 15) is 25.6 Å². The highest BCUT2D eigenvalue weighted by molar-refractivity contribution is 7.99. The van der Waals surface area contributed by atoms with Gasteiger partial charge < -0.3 is 0 Å². The topological polar surface area (TPSA) is 80.3 Å². The molecule has 0 atom stereocenters. The van der Waals surface area contributed by atoms with Crippen LogP contribution in [0.1, 0.15) is 0 Å². The third-order valence-corrected chi connectivity index (χ3v) is 6.14. The van der Waals surface area contributed by atoms with Gasteiger partial charge in [-0.3, -0.25) is 4.72 Å². The molecule has 0 aliphatic rings. The number of benzene rings is 2. The van der Waals surface area contributed by atoms with Gasteiger partial charge in [-0.2, -0.15) is 8.78 Å². The van der Waals surface area contributed by atoms with Crippen LogP contribution in [0.15, 0.2) is 63.2 Å². The highest BCUT2D eigenvalue weighted by atomic mass is 32.2. The summed E-state index contributed by atoms with van der Waals surface area (Å²) in [6.45, 7) is 0. The maximum absolute atomic E-state index is 12.2. The van der Waals surface area contributed by atoms with Gasteiger partial charge in [-0.15, -0.1) is 0 Å². The van der Waals surface area contributed by atoms with E-state index in [1.807, 2.05) is 0 Å². The van der Waals surface area contributed by atoms with Gasteiger partial charge in [0.2, 0.25) is 0 Å². The van der Waals surface area contributed by atoms with Crippen molar-refractivity contribution in [2.45, 2.75) is 20.4 Å². The Kier molecular flexibility index (Phi) is 5.51. The molecule has 5 nitrogen and oxygen atoms in total. The molecule has 0 aromatic heterocycles. The fraction of sp³-hybridized carbons (Fsp3) is 0.143. The Hall–Kier alpha value is -1.65. The highest BCUT2D eigenvalue weighted by Crippen LogP contribution is 2.27. The average Bonchev–Trinajstić information content (AvgIpc) is 2.48. The smallest absolute Gasteiger partial charge is 0.280 e. The molecule has 0 spiro atoms. The molecular formula is C14H13F2NO4S3. The number of anilines is 1. The molecule has 1 N–H and O–H groups in total. The fourth-order valence-corrected chi connectivity index (χ4v) is 3.97. The first-order valence-electron chi connectivity index (χ1n) is 6.46. The number of alkyl halides is 2. The van der Waals surface area contributed by atoms with Gasteiger partial charge in [0.15, 0.2) is 9.84 Å². The lowest BCUT2D eigenvalue weighted by atomic mass is 10.3. The summed E-state index contributed by atoms with van der Waals surface area (Å²) < 4.78 is 74.0. The minimum atomic E-state index is -3.91. The first-order valence-corrected chi connectivity index (χ1v) is 10.7. The first-order chi connectivity index (χ1) is 11.1. The molecule has 0 heterocycles. The van der Waals surface area contributed by atoms with Gasteiger partial charge in [0.1, 0.15) is 0 Å². The van der Waals surface area contributed by atoms with Crippen LogP contribution in [0.25, 0.3) is 0 Å². The van der Waals surface area contributed by atoms with Crippen molar-refractivity contribution in [2.24, 2.45) is 0 Å². The summed E-state index contributed by atoms with van der Waals surface area (Å²) in [6, 6.07) is 10.3. The molecule has 0 saturated carbocycles. The van der Waals surface area contributed by atoms with Crippen LogP contribution in [-0.4, -0.2) is 28.8 Å². The Balaban J connectivity index is 2.19. The number of sulfone groups is 1. The average molecular weight is 393 g/mol. The van der Waals surface area contributed by atoms with Crippen molar-refractivity contribution in [3.05, 3.63) is 48.5 Å². The van der Waals surface area contributed by atoms with E-state index in [0.717, 1.165) is 6.26 Å². The lowest BCUT2D eigenvalue weighted by Crippen LogP contribution is -2.13. The van der Waals surface area contributed by atoms with E-state index < -0.39 is 25.6 Å². The summed E-state index contributed by atoms with van der Waals surface area (Å²) in [7, 11) is -7.33. The predicted molar refractivity (Wildman–Crippen MR) is 88.7 cm³/mol. The summed E-state index contributed by atoms with van der Waals surface area (Å²) in [5.74, 6) is -2.55. The van der Waals surface area contributed by atoms with E-state index >= 15 is 0 Å². The summed E-state index contributed by atoms with van der Waals surface area (Å²) in [4.78, 5) is 0.209. The van der Waals surface area contributed by atoms with Gasteiger partial charge >= 0.3 is 0 Å². The van der Waals surface area contributed by atoms with Crippen LogP contribution >= 0.6 is 11.8 Å². The zero-order valence-corrected chi connectivity index (χ0v) is 14.8. The maximum Gasteiger partial charge on any atom is 0.288 e. The van der Waals surface area contributed by atoms with Crippen LogP contribution < -0.4 is 4.72 Å². The van der Waals surface area contributed by atoms with Crippen molar-refractivity contribution in [3.8, 4) is 0 Å². The molecule has 10 heteroatoms. The van der Waals surface area contributed by atoms with Crippen LogP contribution in [0.3, 0.4) is 0 Å². The van der Waals surface area contributed by atoms with E-state index in [4.69, 9.17) is 0 Å². The van der Waals surface area contributed by atoms with Gasteiger partial charge in [-0.25, -0.2) is 16.8 Å². The number of halogens is 2. The van der Waals surface area contributed by atoms with Crippen molar-refractivity contribution < 1.29 is 25.6 Å². The van der Waals surface area contributed by atoms with E-state index in [2.05, 4.69) is 4.72 Å². The number of nitrogens with one attached hydrogen (secondary N) is 1. The van der Waals surface area contributed by atoms with Gasteiger partial charge in [-0.1, -0.05) is 11.8 Å². The molecular weight excluding hydrogens is 380 g/mol. The first kappa shape index (κ1) is 18.7. The van der Waals surface area contributed by atoms with Crippen LogP contribution in [-0.2, 0) is 19.9 Å². The van der Waals surface area contributed by atoms with E-state index in [-0.39, 0.29) is 15.5 Å². The van der Waals surface area contributed by atoms with Gasteiger partial charge in [-0.05, 0) is 48.5 Å². The molecule has 0 aliphatic heterocycles. The molecule has 2 aromatic carbocycles. The molecule has 0 aliphatic carbocycles. The zero-order chi connectivity index (χ0) is 18.0. The van der Waals surface area contributed by atoms with E-state index in [1.54, 1.807) is 0 Å². The Bertz CT molecular complexity index is 909. The summed E-state index contributed by atoms with van der Waals surface area (Å²) in [6.07, 6.45) is 1.02. The standard InChI is InChI=1S/C14H13F2NO4S3/c1-23(18,19)12-6-8-13(9-7-12)24(20,21)17-10-2-4-11(5-3-10)22-14(15)16/h2-9,14,17H,1H3. The van der Waals surface area contributed by atoms with Gasteiger partial charge in [0.05, 0.1) is 9.79 Å². The van der Waals surface area contributed by atoms with Crippen LogP contribution in [0.5, 0.6) is 0 Å². The molecule has 0 fully saturated rings. The monoisotopic (exact) mass is 393 g/mol. The normalized spacial score (nSPS) is 12.3. The predicted octanol–water partition coefficient (Wildman–Crippen LogP) is 3.21. The molecule has 0 unspecified atom stereocenters. The van der Waals surface area contributed by atoms with Crippen LogP contribution in [0.2, 0.25) is 0 Å². The lowest BCUT2D eigenvalue weighted by Gasteiger charge is -2.09. The fourth-order valence-electron chi connectivity index (χ4n) is 1.78. The molecule has 130 valence electrons. The van der Waals surface area contributed by atoms with Crippen LogP contribution in [0.4, 0.5) is 14.5 Å². The van der Waals surface area contributed by atoms with Crippen molar-refractivity contribution >= 4 is 37.3 Å². The van der Waals surface area contributed by atoms with Crippen molar-refractivity contribution in [2.75, 3.05) is 11.0 Å². The number of rotatable bonds is 6. The lowest BCUT2D eigenvalue weighted by molar-refractivity contribution is 0.252. The van der Waals surface area contributed by atoms with Crippen molar-refractivity contribution in [1.29, 1.82) is 0 Å². The summed E-state index contributed by atoms with van der Waals surface area (Å²) in [5, 5.41) is 0. The number of thioether (sulfide) groups is 1. The maximum atomic E-state index is 12.2. The second-order valence-corrected chi connectivity index (χ2v) is 9.51. The zero-order valence-electron chi connectivity index (χ0n) is 12.3. The molecule has 0 bridgehead atoms. The summed E-state index contributed by atoms with van der Waals surface area (Å²) >= 11 is 0.358. The van der Waals surface area contributed by atoms with Crippen LogP contribution in [0, 0.1) is 0 Å². The molecule has 2 aromatic rings.